The molecule has 0 aliphatic heterocycles. The average molecular weight is 230 g/mol. The first-order valence-electron chi connectivity index (χ1n) is 5.73. The van der Waals surface area contributed by atoms with Gasteiger partial charge in [-0.15, -0.1) is 0 Å². The third kappa shape index (κ3) is 5.16. The van der Waals surface area contributed by atoms with E-state index in [-0.39, 0.29) is 5.97 Å². The van der Waals surface area contributed by atoms with Crippen LogP contribution in [0.4, 0.5) is 0 Å². The van der Waals surface area contributed by atoms with Gasteiger partial charge < -0.3 is 4.74 Å². The van der Waals surface area contributed by atoms with Gasteiger partial charge in [0.05, 0.1) is 6.42 Å². The van der Waals surface area contributed by atoms with Gasteiger partial charge in [-0.1, -0.05) is 48.6 Å². The number of carbonyl (C=O) groups excluding carboxylic acids is 1. The van der Waals surface area contributed by atoms with Crippen LogP contribution in [0.3, 0.4) is 0 Å². The molecule has 0 radical (unpaired) electrons. The molecule has 0 amide bonds. The number of esters is 1. The van der Waals surface area contributed by atoms with E-state index in [0.717, 1.165) is 11.1 Å². The predicted octanol–water partition coefficient (Wildman–Crippen LogP) is 3.64. The smallest absolute Gasteiger partial charge is 0.310 e. The van der Waals surface area contributed by atoms with Gasteiger partial charge in [-0.05, 0) is 25.0 Å². The number of rotatable bonds is 5. The lowest BCUT2D eigenvalue weighted by atomic mass is 10.1. The van der Waals surface area contributed by atoms with Crippen LogP contribution in [0, 0.1) is 0 Å². The fraction of sp³-hybridized carbons (Fsp3) is 0.267. The lowest BCUT2D eigenvalue weighted by molar-refractivity contribution is -0.144. The van der Waals surface area contributed by atoms with Crippen LogP contribution in [0.5, 0.6) is 0 Å². The zero-order chi connectivity index (χ0) is 12.5. The minimum absolute atomic E-state index is 0.194. The Kier molecular flexibility index (Phi) is 5.80. The lowest BCUT2D eigenvalue weighted by Gasteiger charge is -2.05. The summed E-state index contributed by atoms with van der Waals surface area (Å²) < 4.78 is 5.19. The molecule has 0 aliphatic carbocycles. The lowest BCUT2D eigenvalue weighted by Crippen LogP contribution is -2.05. The number of allylic oxidation sites excluding steroid dienone is 3. The second-order valence-electron chi connectivity index (χ2n) is 3.69. The second kappa shape index (κ2) is 7.44. The molecule has 1 rings (SSSR count). The average Bonchev–Trinajstić information content (AvgIpc) is 2.37. The summed E-state index contributed by atoms with van der Waals surface area (Å²) in [6, 6.07) is 9.68. The predicted molar refractivity (Wildman–Crippen MR) is 69.4 cm³/mol. The Bertz CT molecular complexity index is 402. The maximum atomic E-state index is 11.6. The van der Waals surface area contributed by atoms with Crippen LogP contribution in [-0.4, -0.2) is 5.97 Å². The van der Waals surface area contributed by atoms with Crippen molar-refractivity contribution in [1.82, 2.24) is 0 Å². The third-order valence-electron chi connectivity index (χ3n) is 2.34. The van der Waals surface area contributed by atoms with E-state index in [2.05, 4.69) is 0 Å². The minimum Gasteiger partial charge on any atom is -0.461 e. The van der Waals surface area contributed by atoms with Crippen LogP contribution in [0.1, 0.15) is 25.8 Å². The quantitative estimate of drug-likeness (QED) is 0.570. The van der Waals surface area contributed by atoms with Crippen molar-refractivity contribution in [2.24, 2.45) is 0 Å². The van der Waals surface area contributed by atoms with Gasteiger partial charge in [0.15, 0.2) is 0 Å². The molecule has 0 heterocycles. The van der Waals surface area contributed by atoms with Gasteiger partial charge in [0.25, 0.3) is 0 Å². The molecule has 0 aromatic heterocycles. The van der Waals surface area contributed by atoms with Gasteiger partial charge in [0.1, 0.15) is 6.61 Å². The number of benzene rings is 1. The second-order valence-corrected chi connectivity index (χ2v) is 3.69. The number of hydrogen-bond acceptors (Lipinski definition) is 2. The summed E-state index contributed by atoms with van der Waals surface area (Å²) in [5.41, 5.74) is 1.99. The largest absolute Gasteiger partial charge is 0.461 e. The zero-order valence-electron chi connectivity index (χ0n) is 10.3. The molecule has 1 aromatic carbocycles. The molecule has 0 bridgehead atoms. The summed E-state index contributed by atoms with van der Waals surface area (Å²) in [7, 11) is 0. The maximum Gasteiger partial charge on any atom is 0.310 e. The van der Waals surface area contributed by atoms with E-state index in [9.17, 15) is 4.79 Å². The van der Waals surface area contributed by atoms with Crippen molar-refractivity contribution in [1.29, 1.82) is 0 Å². The van der Waals surface area contributed by atoms with Gasteiger partial charge >= 0.3 is 5.97 Å². The normalized spacial score (nSPS) is 11.8. The Morgan fingerprint density at radius 1 is 1.24 bits per heavy atom. The molecule has 1 aromatic rings. The molecule has 0 aliphatic rings. The first-order valence-corrected chi connectivity index (χ1v) is 5.73. The van der Waals surface area contributed by atoms with Crippen molar-refractivity contribution in [3.8, 4) is 0 Å². The standard InChI is InChI=1S/C15H18O2/c1-3-8-13(4-2)11-15(16)17-12-14-9-6-5-7-10-14/h3-10H,11-12H2,1-2H3. The molecule has 17 heavy (non-hydrogen) atoms. The monoisotopic (exact) mass is 230 g/mol. The van der Waals surface area contributed by atoms with Crippen LogP contribution in [0.25, 0.3) is 0 Å². The minimum atomic E-state index is -0.194. The van der Waals surface area contributed by atoms with E-state index in [1.807, 2.05) is 62.4 Å². The van der Waals surface area contributed by atoms with Gasteiger partial charge in [0.2, 0.25) is 0 Å². The number of hydrogen-bond donors (Lipinski definition) is 0. The Labute approximate surface area is 103 Å². The highest BCUT2D eigenvalue weighted by molar-refractivity contribution is 5.73. The number of ether oxygens (including phenoxy) is 1. The fourth-order valence-corrected chi connectivity index (χ4v) is 1.43. The Hall–Kier alpha value is -1.83. The number of carbonyl (C=O) groups is 1. The highest BCUT2D eigenvalue weighted by atomic mass is 16.5. The molecule has 2 heteroatoms. The van der Waals surface area contributed by atoms with Crippen molar-refractivity contribution in [3.63, 3.8) is 0 Å². The summed E-state index contributed by atoms with van der Waals surface area (Å²) >= 11 is 0. The van der Waals surface area contributed by atoms with E-state index in [0.29, 0.717) is 13.0 Å². The summed E-state index contributed by atoms with van der Waals surface area (Å²) in [5, 5.41) is 0. The maximum absolute atomic E-state index is 11.6. The van der Waals surface area contributed by atoms with E-state index in [1.165, 1.54) is 0 Å². The third-order valence-corrected chi connectivity index (χ3v) is 2.34. The molecule has 0 saturated carbocycles. The molecular formula is C15H18O2. The van der Waals surface area contributed by atoms with Gasteiger partial charge in [-0.2, -0.15) is 0 Å². The fourth-order valence-electron chi connectivity index (χ4n) is 1.43. The summed E-state index contributed by atoms with van der Waals surface area (Å²) in [6.07, 6.45) is 6.08. The van der Waals surface area contributed by atoms with Crippen molar-refractivity contribution in [3.05, 3.63) is 59.7 Å². The van der Waals surface area contributed by atoms with Crippen molar-refractivity contribution in [2.75, 3.05) is 0 Å². The molecule has 2 nitrogen and oxygen atoms in total. The summed E-state index contributed by atoms with van der Waals surface area (Å²) in [5.74, 6) is -0.194. The Balaban J connectivity index is 2.40. The van der Waals surface area contributed by atoms with E-state index in [4.69, 9.17) is 4.74 Å². The SMILES string of the molecule is CC=CC(=CC)CC(=O)OCc1ccccc1. The van der Waals surface area contributed by atoms with Crippen LogP contribution in [0.2, 0.25) is 0 Å². The van der Waals surface area contributed by atoms with Crippen LogP contribution < -0.4 is 0 Å². The first-order chi connectivity index (χ1) is 8.26. The molecule has 0 fully saturated rings. The summed E-state index contributed by atoms with van der Waals surface area (Å²) in [4.78, 5) is 11.6. The van der Waals surface area contributed by atoms with Gasteiger partial charge in [0, 0.05) is 0 Å². The van der Waals surface area contributed by atoms with E-state index in [1.54, 1.807) is 0 Å². The van der Waals surface area contributed by atoms with Crippen molar-refractivity contribution < 1.29 is 9.53 Å². The molecular weight excluding hydrogens is 212 g/mol. The molecule has 0 saturated heterocycles. The molecule has 0 unspecified atom stereocenters. The highest BCUT2D eigenvalue weighted by Crippen LogP contribution is 2.07. The zero-order valence-corrected chi connectivity index (χ0v) is 10.3. The molecule has 0 spiro atoms. The van der Waals surface area contributed by atoms with Gasteiger partial charge in [-0.25, -0.2) is 0 Å². The Morgan fingerprint density at radius 2 is 1.94 bits per heavy atom. The van der Waals surface area contributed by atoms with Gasteiger partial charge in [-0.3, -0.25) is 4.79 Å². The van der Waals surface area contributed by atoms with E-state index >= 15 is 0 Å². The van der Waals surface area contributed by atoms with Crippen LogP contribution in [0.15, 0.2) is 54.1 Å². The van der Waals surface area contributed by atoms with Crippen LogP contribution in [-0.2, 0) is 16.1 Å². The molecule has 0 atom stereocenters. The van der Waals surface area contributed by atoms with E-state index < -0.39 is 0 Å². The van der Waals surface area contributed by atoms with Crippen molar-refractivity contribution in [2.45, 2.75) is 26.9 Å². The topological polar surface area (TPSA) is 26.3 Å². The summed E-state index contributed by atoms with van der Waals surface area (Å²) in [6.45, 7) is 4.19. The van der Waals surface area contributed by atoms with Crippen molar-refractivity contribution >= 4 is 5.97 Å². The Morgan fingerprint density at radius 3 is 2.53 bits per heavy atom. The van der Waals surface area contributed by atoms with Crippen LogP contribution >= 0.6 is 0 Å². The highest BCUT2D eigenvalue weighted by Gasteiger charge is 2.04. The first kappa shape index (κ1) is 13.2. The molecule has 90 valence electrons. The molecule has 0 N–H and O–H groups in total.